The highest BCUT2D eigenvalue weighted by molar-refractivity contribution is 6.30. The van der Waals surface area contributed by atoms with Crippen LogP contribution in [0.1, 0.15) is 10.4 Å². The Morgan fingerprint density at radius 1 is 1.17 bits per heavy atom. The second kappa shape index (κ2) is 7.89. The lowest BCUT2D eigenvalue weighted by atomic mass is 10.2. The van der Waals surface area contributed by atoms with Gasteiger partial charge in [0.05, 0.1) is 0 Å². The molecule has 2 N–H and O–H groups in total. The summed E-state index contributed by atoms with van der Waals surface area (Å²) in [5.74, 6) is -2.29. The van der Waals surface area contributed by atoms with Gasteiger partial charge in [0.1, 0.15) is 18.5 Å². The molecule has 0 aromatic heterocycles. The third kappa shape index (κ3) is 5.19. The molecule has 0 fully saturated rings. The average Bonchev–Trinajstić information content (AvgIpc) is 2.54. The van der Waals surface area contributed by atoms with Crippen molar-refractivity contribution < 1.29 is 23.4 Å². The molecule has 0 spiro atoms. The number of amides is 1. The normalized spacial score (nSPS) is 11.8. The van der Waals surface area contributed by atoms with Crippen molar-refractivity contribution in [1.29, 1.82) is 0 Å². The van der Waals surface area contributed by atoms with Gasteiger partial charge < -0.3 is 15.2 Å². The molecule has 0 saturated heterocycles. The lowest BCUT2D eigenvalue weighted by Gasteiger charge is -2.13. The van der Waals surface area contributed by atoms with Gasteiger partial charge in [-0.3, -0.25) is 4.79 Å². The maximum absolute atomic E-state index is 13.0. The predicted molar refractivity (Wildman–Crippen MR) is 81.6 cm³/mol. The van der Waals surface area contributed by atoms with Crippen molar-refractivity contribution >= 4 is 17.5 Å². The molecule has 1 atom stereocenters. The van der Waals surface area contributed by atoms with Crippen molar-refractivity contribution in [3.05, 3.63) is 64.7 Å². The Bertz CT molecular complexity index is 680. The van der Waals surface area contributed by atoms with Crippen LogP contribution in [-0.4, -0.2) is 30.3 Å². The Morgan fingerprint density at radius 3 is 2.52 bits per heavy atom. The van der Waals surface area contributed by atoms with Crippen molar-refractivity contribution in [3.63, 3.8) is 0 Å². The summed E-state index contributed by atoms with van der Waals surface area (Å²) in [6, 6.07) is 9.34. The highest BCUT2D eigenvalue weighted by atomic mass is 35.5. The van der Waals surface area contributed by atoms with Gasteiger partial charge in [0.25, 0.3) is 5.91 Å². The van der Waals surface area contributed by atoms with Crippen LogP contribution < -0.4 is 10.1 Å². The number of rotatable bonds is 6. The minimum atomic E-state index is -1.03. The molecule has 7 heteroatoms. The zero-order chi connectivity index (χ0) is 16.8. The van der Waals surface area contributed by atoms with E-state index in [1.807, 2.05) is 0 Å². The van der Waals surface area contributed by atoms with Gasteiger partial charge in [0.2, 0.25) is 0 Å². The summed E-state index contributed by atoms with van der Waals surface area (Å²) in [7, 11) is 0. The van der Waals surface area contributed by atoms with Crippen LogP contribution in [0.25, 0.3) is 0 Å². The summed E-state index contributed by atoms with van der Waals surface area (Å²) in [6.45, 7) is -0.225. The first kappa shape index (κ1) is 17.2. The molecule has 0 aliphatic heterocycles. The number of aliphatic hydroxyl groups is 1. The Kier molecular flexibility index (Phi) is 5.90. The summed E-state index contributed by atoms with van der Waals surface area (Å²) in [4.78, 5) is 11.8. The number of halogens is 3. The fourth-order valence-electron chi connectivity index (χ4n) is 1.73. The maximum Gasteiger partial charge on any atom is 0.251 e. The number of aliphatic hydroxyl groups excluding tert-OH is 1. The number of ether oxygens (including phenoxy) is 1. The minimum Gasteiger partial charge on any atom is -0.491 e. The van der Waals surface area contributed by atoms with E-state index in [1.54, 1.807) is 24.3 Å². The summed E-state index contributed by atoms with van der Waals surface area (Å²) in [5, 5.41) is 12.8. The first-order chi connectivity index (χ1) is 11.0. The SMILES string of the molecule is O=C(NCC(O)COc1ccc(F)c(F)c1)c1ccc(Cl)cc1. The first-order valence-corrected chi connectivity index (χ1v) is 7.13. The van der Waals surface area contributed by atoms with Crippen LogP contribution >= 0.6 is 11.6 Å². The molecule has 0 radical (unpaired) electrons. The molecule has 122 valence electrons. The van der Waals surface area contributed by atoms with E-state index in [-0.39, 0.29) is 24.8 Å². The molecule has 0 heterocycles. The fraction of sp³-hybridized carbons (Fsp3) is 0.188. The van der Waals surface area contributed by atoms with E-state index in [2.05, 4.69) is 5.32 Å². The van der Waals surface area contributed by atoms with E-state index in [0.717, 1.165) is 12.1 Å². The van der Waals surface area contributed by atoms with Crippen LogP contribution in [0, 0.1) is 11.6 Å². The number of hydrogen-bond donors (Lipinski definition) is 2. The predicted octanol–water partition coefficient (Wildman–Crippen LogP) is 2.79. The monoisotopic (exact) mass is 341 g/mol. The van der Waals surface area contributed by atoms with Crippen LogP contribution in [0.3, 0.4) is 0 Å². The summed E-state index contributed by atoms with van der Waals surface area (Å²) >= 11 is 5.73. The summed E-state index contributed by atoms with van der Waals surface area (Å²) < 4.78 is 30.9. The molecule has 1 unspecified atom stereocenters. The first-order valence-electron chi connectivity index (χ1n) is 6.75. The standard InChI is InChI=1S/C16H14ClF2NO3/c17-11-3-1-10(2-4-11)16(22)20-8-12(21)9-23-13-5-6-14(18)15(19)7-13/h1-7,12,21H,8-9H2,(H,20,22). The number of hydrogen-bond acceptors (Lipinski definition) is 3. The van der Waals surface area contributed by atoms with E-state index < -0.39 is 17.7 Å². The maximum atomic E-state index is 13.0. The Hall–Kier alpha value is -2.18. The molecular weight excluding hydrogens is 328 g/mol. The van der Waals surface area contributed by atoms with Gasteiger partial charge in [-0.2, -0.15) is 0 Å². The molecule has 0 bridgehead atoms. The molecule has 0 aliphatic carbocycles. The second-order valence-corrected chi connectivity index (χ2v) is 5.19. The summed E-state index contributed by atoms with van der Waals surface area (Å²) in [6.07, 6.45) is -1.00. The third-order valence-corrected chi connectivity index (χ3v) is 3.19. The van der Waals surface area contributed by atoms with Crippen LogP contribution in [0.2, 0.25) is 5.02 Å². The van der Waals surface area contributed by atoms with Gasteiger partial charge >= 0.3 is 0 Å². The Labute approximate surface area is 136 Å². The number of nitrogens with one attached hydrogen (secondary N) is 1. The minimum absolute atomic E-state index is 0.0505. The van der Waals surface area contributed by atoms with Gasteiger partial charge in [-0.05, 0) is 36.4 Å². The topological polar surface area (TPSA) is 58.6 Å². The van der Waals surface area contributed by atoms with Crippen molar-refractivity contribution in [3.8, 4) is 5.75 Å². The number of carbonyl (C=O) groups is 1. The Morgan fingerprint density at radius 2 is 1.87 bits per heavy atom. The van der Waals surface area contributed by atoms with Crippen molar-refractivity contribution in [2.45, 2.75) is 6.10 Å². The lowest BCUT2D eigenvalue weighted by Crippen LogP contribution is -2.35. The van der Waals surface area contributed by atoms with E-state index in [4.69, 9.17) is 16.3 Å². The zero-order valence-electron chi connectivity index (χ0n) is 11.9. The van der Waals surface area contributed by atoms with Crippen molar-refractivity contribution in [2.75, 3.05) is 13.2 Å². The van der Waals surface area contributed by atoms with Gasteiger partial charge in [-0.1, -0.05) is 11.6 Å². The van der Waals surface area contributed by atoms with E-state index in [9.17, 15) is 18.7 Å². The number of benzene rings is 2. The smallest absolute Gasteiger partial charge is 0.251 e. The molecule has 23 heavy (non-hydrogen) atoms. The zero-order valence-corrected chi connectivity index (χ0v) is 12.7. The molecule has 0 saturated carbocycles. The molecule has 2 aromatic rings. The highest BCUT2D eigenvalue weighted by Crippen LogP contribution is 2.15. The van der Waals surface area contributed by atoms with Crippen molar-refractivity contribution in [1.82, 2.24) is 5.32 Å². The van der Waals surface area contributed by atoms with Crippen molar-refractivity contribution in [2.24, 2.45) is 0 Å². The van der Waals surface area contributed by atoms with E-state index >= 15 is 0 Å². The summed E-state index contributed by atoms with van der Waals surface area (Å²) in [5.41, 5.74) is 0.406. The van der Waals surface area contributed by atoms with Gasteiger partial charge in [0.15, 0.2) is 11.6 Å². The van der Waals surface area contributed by atoms with Crippen LogP contribution in [0.15, 0.2) is 42.5 Å². The van der Waals surface area contributed by atoms with Crippen LogP contribution in [-0.2, 0) is 0 Å². The molecule has 2 rings (SSSR count). The van der Waals surface area contributed by atoms with Gasteiger partial charge in [-0.25, -0.2) is 8.78 Å². The quantitative estimate of drug-likeness (QED) is 0.849. The van der Waals surface area contributed by atoms with Gasteiger partial charge in [-0.15, -0.1) is 0 Å². The second-order valence-electron chi connectivity index (χ2n) is 4.76. The molecule has 4 nitrogen and oxygen atoms in total. The molecule has 1 amide bonds. The van der Waals surface area contributed by atoms with Gasteiger partial charge in [0, 0.05) is 23.2 Å². The van der Waals surface area contributed by atoms with E-state index in [1.165, 1.54) is 6.07 Å². The lowest BCUT2D eigenvalue weighted by molar-refractivity contribution is 0.0843. The Balaban J connectivity index is 1.78. The van der Waals surface area contributed by atoms with Crippen LogP contribution in [0.4, 0.5) is 8.78 Å². The number of carbonyl (C=O) groups excluding carboxylic acids is 1. The highest BCUT2D eigenvalue weighted by Gasteiger charge is 2.10. The average molecular weight is 342 g/mol. The largest absolute Gasteiger partial charge is 0.491 e. The molecule has 2 aromatic carbocycles. The molecule has 0 aliphatic rings. The van der Waals surface area contributed by atoms with Crippen LogP contribution in [0.5, 0.6) is 5.75 Å². The molecular formula is C16H14ClF2NO3. The third-order valence-electron chi connectivity index (χ3n) is 2.94. The van der Waals surface area contributed by atoms with E-state index in [0.29, 0.717) is 10.6 Å². The fourth-order valence-corrected chi connectivity index (χ4v) is 1.86.